The molecule has 126 valence electrons. The maximum Gasteiger partial charge on any atom is 0.259 e. The molecule has 24 heavy (non-hydrogen) atoms. The molecule has 0 radical (unpaired) electrons. The Labute approximate surface area is 142 Å². The number of anilines is 1. The topological polar surface area (TPSA) is 47.6 Å². The second-order valence-electron chi connectivity index (χ2n) is 6.61. The van der Waals surface area contributed by atoms with Gasteiger partial charge >= 0.3 is 0 Å². The zero-order valence-corrected chi connectivity index (χ0v) is 14.6. The van der Waals surface area contributed by atoms with Crippen molar-refractivity contribution in [2.24, 2.45) is 0 Å². The first-order valence-corrected chi connectivity index (χ1v) is 8.31. The summed E-state index contributed by atoms with van der Waals surface area (Å²) in [6.07, 6.45) is 0. The molecule has 0 spiro atoms. The van der Waals surface area contributed by atoms with Crippen LogP contribution in [0.1, 0.15) is 61.0 Å². The average Bonchev–Trinajstić information content (AvgIpc) is 3.02. The van der Waals surface area contributed by atoms with E-state index in [0.29, 0.717) is 28.9 Å². The molecule has 4 nitrogen and oxygen atoms in total. The Morgan fingerprint density at radius 3 is 2.21 bits per heavy atom. The molecule has 0 saturated carbocycles. The minimum absolute atomic E-state index is 0.152. The number of hydrogen-bond acceptors (Lipinski definition) is 3. The second kappa shape index (κ2) is 6.56. The summed E-state index contributed by atoms with van der Waals surface area (Å²) in [4.78, 5) is 12.9. The molecule has 0 saturated heterocycles. The number of benzene rings is 2. The molecule has 0 atom stereocenters. The molecule has 3 rings (SSSR count). The molecule has 0 aliphatic carbocycles. The van der Waals surface area contributed by atoms with Crippen molar-refractivity contribution in [1.82, 2.24) is 0 Å². The maximum absolute atomic E-state index is 12.9. The van der Waals surface area contributed by atoms with Gasteiger partial charge in [-0.2, -0.15) is 0 Å². The molecule has 4 heteroatoms. The molecule has 2 aromatic rings. The van der Waals surface area contributed by atoms with Crippen LogP contribution in [0.3, 0.4) is 0 Å². The van der Waals surface area contributed by atoms with Crippen LogP contribution in [-0.4, -0.2) is 12.7 Å². The van der Waals surface area contributed by atoms with Gasteiger partial charge in [-0.05, 0) is 35.1 Å². The van der Waals surface area contributed by atoms with Crippen LogP contribution < -0.4 is 14.8 Å². The number of carbonyl (C=O) groups is 1. The number of carbonyl (C=O) groups excluding carboxylic acids is 1. The smallest absolute Gasteiger partial charge is 0.259 e. The van der Waals surface area contributed by atoms with Gasteiger partial charge in [0.1, 0.15) is 0 Å². The summed E-state index contributed by atoms with van der Waals surface area (Å²) in [5.41, 5.74) is 3.68. The van der Waals surface area contributed by atoms with Crippen LogP contribution in [0.15, 0.2) is 36.4 Å². The van der Waals surface area contributed by atoms with E-state index in [1.165, 1.54) is 0 Å². The first-order valence-electron chi connectivity index (χ1n) is 8.31. The lowest BCUT2D eigenvalue weighted by Gasteiger charge is -2.20. The van der Waals surface area contributed by atoms with Crippen molar-refractivity contribution >= 4 is 11.6 Å². The summed E-state index contributed by atoms with van der Waals surface area (Å²) in [7, 11) is 0. The van der Waals surface area contributed by atoms with Crippen molar-refractivity contribution in [3.8, 4) is 11.5 Å². The Morgan fingerprint density at radius 1 is 0.958 bits per heavy atom. The van der Waals surface area contributed by atoms with Gasteiger partial charge in [0, 0.05) is 5.69 Å². The van der Waals surface area contributed by atoms with Crippen molar-refractivity contribution in [2.75, 3.05) is 12.1 Å². The summed E-state index contributed by atoms with van der Waals surface area (Å²) < 4.78 is 10.8. The maximum atomic E-state index is 12.9. The Kier molecular flexibility index (Phi) is 4.47. The summed E-state index contributed by atoms with van der Waals surface area (Å²) in [6.45, 7) is 8.68. The largest absolute Gasteiger partial charge is 0.454 e. The Balaban J connectivity index is 1.99. The quantitative estimate of drug-likeness (QED) is 0.868. The van der Waals surface area contributed by atoms with Crippen LogP contribution in [0.2, 0.25) is 0 Å². The number of nitrogens with one attached hydrogen (secondary N) is 1. The summed E-state index contributed by atoms with van der Waals surface area (Å²) in [5, 5.41) is 3.11. The van der Waals surface area contributed by atoms with Gasteiger partial charge in [-0.15, -0.1) is 0 Å². The van der Waals surface area contributed by atoms with Crippen molar-refractivity contribution < 1.29 is 14.3 Å². The minimum atomic E-state index is -0.174. The monoisotopic (exact) mass is 325 g/mol. The van der Waals surface area contributed by atoms with Crippen LogP contribution >= 0.6 is 0 Å². The Hall–Kier alpha value is -2.49. The van der Waals surface area contributed by atoms with Gasteiger partial charge in [0.2, 0.25) is 6.79 Å². The third-order valence-electron chi connectivity index (χ3n) is 4.25. The number of rotatable bonds is 4. The highest BCUT2D eigenvalue weighted by Crippen LogP contribution is 2.37. The van der Waals surface area contributed by atoms with Crippen LogP contribution in [0.25, 0.3) is 0 Å². The highest BCUT2D eigenvalue weighted by molar-refractivity contribution is 6.07. The molecule has 0 aromatic heterocycles. The van der Waals surface area contributed by atoms with Crippen LogP contribution in [0.5, 0.6) is 11.5 Å². The lowest BCUT2D eigenvalue weighted by atomic mass is 9.92. The van der Waals surface area contributed by atoms with Gasteiger partial charge in [0.05, 0.1) is 5.56 Å². The van der Waals surface area contributed by atoms with Crippen LogP contribution in [0.4, 0.5) is 5.69 Å². The first-order chi connectivity index (χ1) is 11.5. The van der Waals surface area contributed by atoms with E-state index in [1.54, 1.807) is 18.2 Å². The molecule has 0 unspecified atom stereocenters. The molecular weight excluding hydrogens is 302 g/mol. The zero-order valence-electron chi connectivity index (χ0n) is 14.6. The SMILES string of the molecule is CC(C)c1cccc(C(C)C)c1NC(=O)c1cccc2c1OCO2. The first kappa shape index (κ1) is 16.4. The van der Waals surface area contributed by atoms with Crippen molar-refractivity contribution in [2.45, 2.75) is 39.5 Å². The molecule has 1 amide bonds. The summed E-state index contributed by atoms with van der Waals surface area (Å²) in [5.74, 6) is 1.60. The fraction of sp³-hybridized carbons (Fsp3) is 0.350. The van der Waals surface area contributed by atoms with E-state index in [4.69, 9.17) is 9.47 Å². The normalized spacial score (nSPS) is 12.8. The molecule has 1 aliphatic rings. The standard InChI is InChI=1S/C20H23NO3/c1-12(2)14-7-5-8-15(13(3)4)18(14)21-20(22)16-9-6-10-17-19(16)24-11-23-17/h5-10,12-13H,11H2,1-4H3,(H,21,22). The third-order valence-corrected chi connectivity index (χ3v) is 4.25. The predicted octanol–water partition coefficient (Wildman–Crippen LogP) is 4.91. The zero-order chi connectivity index (χ0) is 17.3. The van der Waals surface area contributed by atoms with Gasteiger partial charge in [0.15, 0.2) is 11.5 Å². The molecule has 2 aromatic carbocycles. The Morgan fingerprint density at radius 2 is 1.58 bits per heavy atom. The number of ether oxygens (including phenoxy) is 2. The predicted molar refractivity (Wildman–Crippen MR) is 95.1 cm³/mol. The van der Waals surface area contributed by atoms with Gasteiger partial charge in [0.25, 0.3) is 5.91 Å². The minimum Gasteiger partial charge on any atom is -0.454 e. The van der Waals surface area contributed by atoms with Crippen LogP contribution in [0, 0.1) is 0 Å². The van der Waals surface area contributed by atoms with Gasteiger partial charge in [-0.3, -0.25) is 4.79 Å². The molecule has 0 bridgehead atoms. The van der Waals surface area contributed by atoms with Crippen LogP contribution in [-0.2, 0) is 0 Å². The molecule has 1 N–H and O–H groups in total. The summed E-state index contributed by atoms with van der Waals surface area (Å²) in [6, 6.07) is 11.6. The number of hydrogen-bond donors (Lipinski definition) is 1. The Bertz CT molecular complexity index is 739. The molecule has 1 heterocycles. The summed E-state index contributed by atoms with van der Waals surface area (Å²) >= 11 is 0. The number of para-hydroxylation sites is 2. The van der Waals surface area contributed by atoms with E-state index in [9.17, 15) is 4.79 Å². The fourth-order valence-electron chi connectivity index (χ4n) is 2.99. The van der Waals surface area contributed by atoms with Crippen molar-refractivity contribution in [3.63, 3.8) is 0 Å². The van der Waals surface area contributed by atoms with E-state index in [0.717, 1.165) is 16.8 Å². The molecule has 0 fully saturated rings. The van der Waals surface area contributed by atoms with E-state index >= 15 is 0 Å². The van der Waals surface area contributed by atoms with Crippen molar-refractivity contribution in [1.29, 1.82) is 0 Å². The second-order valence-corrected chi connectivity index (χ2v) is 6.61. The molecular formula is C20H23NO3. The molecule has 1 aliphatic heterocycles. The highest BCUT2D eigenvalue weighted by atomic mass is 16.7. The lowest BCUT2D eigenvalue weighted by molar-refractivity contribution is 0.102. The third kappa shape index (κ3) is 2.96. The van der Waals surface area contributed by atoms with E-state index < -0.39 is 0 Å². The number of fused-ring (bicyclic) bond motifs is 1. The van der Waals surface area contributed by atoms with Crippen molar-refractivity contribution in [3.05, 3.63) is 53.1 Å². The van der Waals surface area contributed by atoms with E-state index in [1.807, 2.05) is 0 Å². The highest BCUT2D eigenvalue weighted by Gasteiger charge is 2.23. The lowest BCUT2D eigenvalue weighted by Crippen LogP contribution is -2.16. The van der Waals surface area contributed by atoms with Gasteiger partial charge in [-0.1, -0.05) is 52.0 Å². The van der Waals surface area contributed by atoms with E-state index in [2.05, 4.69) is 51.2 Å². The van der Waals surface area contributed by atoms with Gasteiger partial charge < -0.3 is 14.8 Å². The van der Waals surface area contributed by atoms with Gasteiger partial charge in [-0.25, -0.2) is 0 Å². The fourth-order valence-corrected chi connectivity index (χ4v) is 2.99. The number of amides is 1. The van der Waals surface area contributed by atoms with E-state index in [-0.39, 0.29) is 12.7 Å². The average molecular weight is 325 g/mol.